The van der Waals surface area contributed by atoms with Gasteiger partial charge in [-0.15, -0.1) is 0 Å². The van der Waals surface area contributed by atoms with E-state index in [1.807, 2.05) is 0 Å². The molecule has 2 heteroatoms. The first-order valence-corrected chi connectivity index (χ1v) is 8.52. The second kappa shape index (κ2) is 5.37. The predicted octanol–water partition coefficient (Wildman–Crippen LogP) is 3.34. The van der Waals surface area contributed by atoms with E-state index in [-0.39, 0.29) is 6.10 Å². The van der Waals surface area contributed by atoms with Gasteiger partial charge in [0, 0.05) is 6.04 Å². The van der Waals surface area contributed by atoms with Gasteiger partial charge < -0.3 is 10.4 Å². The second-order valence-electron chi connectivity index (χ2n) is 7.81. The molecule has 4 fully saturated rings. The SMILES string of the molecule is CCC(O)CCNC(C)C12CC3CC(CC(C3)C1)C2. The molecule has 0 amide bonds. The summed E-state index contributed by atoms with van der Waals surface area (Å²) in [6.45, 7) is 5.45. The molecule has 0 aromatic heterocycles. The van der Waals surface area contributed by atoms with Crippen LogP contribution in [0.25, 0.3) is 0 Å². The van der Waals surface area contributed by atoms with Crippen molar-refractivity contribution in [3.63, 3.8) is 0 Å². The predicted molar refractivity (Wildman–Crippen MR) is 79.0 cm³/mol. The summed E-state index contributed by atoms with van der Waals surface area (Å²) in [4.78, 5) is 0. The molecule has 2 nitrogen and oxygen atoms in total. The molecule has 4 aliphatic rings. The Kier molecular flexibility index (Phi) is 3.92. The molecule has 19 heavy (non-hydrogen) atoms. The number of aliphatic hydroxyl groups is 1. The Morgan fingerprint density at radius 2 is 1.63 bits per heavy atom. The van der Waals surface area contributed by atoms with E-state index in [1.54, 1.807) is 0 Å². The van der Waals surface area contributed by atoms with Gasteiger partial charge in [-0.3, -0.25) is 0 Å². The molecular weight excluding hydrogens is 234 g/mol. The van der Waals surface area contributed by atoms with Crippen molar-refractivity contribution in [1.82, 2.24) is 5.32 Å². The van der Waals surface area contributed by atoms with Gasteiger partial charge in [-0.2, -0.15) is 0 Å². The van der Waals surface area contributed by atoms with Crippen LogP contribution in [0.3, 0.4) is 0 Å². The van der Waals surface area contributed by atoms with E-state index in [4.69, 9.17) is 0 Å². The van der Waals surface area contributed by atoms with Gasteiger partial charge in [0.1, 0.15) is 0 Å². The van der Waals surface area contributed by atoms with Gasteiger partial charge in [0.25, 0.3) is 0 Å². The van der Waals surface area contributed by atoms with Crippen molar-refractivity contribution >= 4 is 0 Å². The maximum Gasteiger partial charge on any atom is 0.0549 e. The summed E-state index contributed by atoms with van der Waals surface area (Å²) in [5.74, 6) is 3.12. The third-order valence-electron chi connectivity index (χ3n) is 6.40. The molecule has 0 aromatic carbocycles. The van der Waals surface area contributed by atoms with Crippen LogP contribution in [-0.4, -0.2) is 23.8 Å². The molecule has 4 saturated carbocycles. The summed E-state index contributed by atoms with van der Waals surface area (Å²) in [7, 11) is 0. The maximum atomic E-state index is 9.66. The fourth-order valence-electron chi connectivity index (χ4n) is 5.60. The minimum absolute atomic E-state index is 0.115. The molecule has 0 radical (unpaired) electrons. The van der Waals surface area contributed by atoms with E-state index >= 15 is 0 Å². The third kappa shape index (κ3) is 2.71. The molecule has 0 aromatic rings. The van der Waals surface area contributed by atoms with Crippen molar-refractivity contribution in [2.45, 2.75) is 77.4 Å². The van der Waals surface area contributed by atoms with E-state index in [0.29, 0.717) is 11.5 Å². The Hall–Kier alpha value is -0.0800. The van der Waals surface area contributed by atoms with Crippen LogP contribution in [0.2, 0.25) is 0 Å². The molecule has 2 atom stereocenters. The summed E-state index contributed by atoms with van der Waals surface area (Å²) in [5.41, 5.74) is 0.603. The highest BCUT2D eigenvalue weighted by Crippen LogP contribution is 2.61. The summed E-state index contributed by atoms with van der Waals surface area (Å²) >= 11 is 0. The van der Waals surface area contributed by atoms with Gasteiger partial charge in [0.05, 0.1) is 6.10 Å². The largest absolute Gasteiger partial charge is 0.393 e. The molecule has 110 valence electrons. The average Bonchev–Trinajstić information content (AvgIpc) is 2.36. The third-order valence-corrected chi connectivity index (χ3v) is 6.40. The summed E-state index contributed by atoms with van der Waals surface area (Å²) < 4.78 is 0. The molecule has 0 saturated heterocycles. The van der Waals surface area contributed by atoms with Crippen molar-refractivity contribution in [1.29, 1.82) is 0 Å². The Morgan fingerprint density at radius 3 is 2.11 bits per heavy atom. The lowest BCUT2D eigenvalue weighted by molar-refractivity contribution is -0.0706. The zero-order valence-electron chi connectivity index (χ0n) is 12.7. The average molecular weight is 265 g/mol. The minimum atomic E-state index is -0.115. The van der Waals surface area contributed by atoms with Crippen LogP contribution >= 0.6 is 0 Å². The summed E-state index contributed by atoms with van der Waals surface area (Å²) in [6, 6.07) is 0.643. The van der Waals surface area contributed by atoms with Crippen molar-refractivity contribution in [2.24, 2.45) is 23.2 Å². The summed E-state index contributed by atoms with van der Waals surface area (Å²) in [6.07, 6.45) is 10.7. The first kappa shape index (κ1) is 13.9. The lowest BCUT2D eigenvalue weighted by Crippen LogP contribution is -2.55. The van der Waals surface area contributed by atoms with Gasteiger partial charge in [-0.25, -0.2) is 0 Å². The van der Waals surface area contributed by atoms with Gasteiger partial charge in [0.2, 0.25) is 0 Å². The zero-order chi connectivity index (χ0) is 13.5. The molecule has 4 aliphatic carbocycles. The Balaban J connectivity index is 1.55. The van der Waals surface area contributed by atoms with Gasteiger partial charge >= 0.3 is 0 Å². The van der Waals surface area contributed by atoms with Crippen molar-refractivity contribution < 1.29 is 5.11 Å². The number of nitrogens with one attached hydrogen (secondary N) is 1. The highest BCUT2D eigenvalue weighted by Gasteiger charge is 2.52. The van der Waals surface area contributed by atoms with E-state index in [2.05, 4.69) is 19.2 Å². The molecule has 4 rings (SSSR count). The van der Waals surface area contributed by atoms with Gasteiger partial charge in [0.15, 0.2) is 0 Å². The van der Waals surface area contributed by atoms with Gasteiger partial charge in [-0.05, 0) is 88.0 Å². The fourth-order valence-corrected chi connectivity index (χ4v) is 5.60. The normalized spacial score (nSPS) is 43.4. The number of hydrogen-bond acceptors (Lipinski definition) is 2. The molecule has 2 unspecified atom stereocenters. The van der Waals surface area contributed by atoms with Crippen LogP contribution < -0.4 is 5.32 Å². The van der Waals surface area contributed by atoms with E-state index in [0.717, 1.165) is 37.1 Å². The maximum absolute atomic E-state index is 9.66. The van der Waals surface area contributed by atoms with Crippen LogP contribution in [0.4, 0.5) is 0 Å². The number of aliphatic hydroxyl groups excluding tert-OH is 1. The molecular formula is C17H31NO. The van der Waals surface area contributed by atoms with E-state index in [1.165, 1.54) is 38.5 Å². The van der Waals surface area contributed by atoms with Gasteiger partial charge in [-0.1, -0.05) is 6.92 Å². The van der Waals surface area contributed by atoms with Crippen LogP contribution in [0, 0.1) is 23.2 Å². The molecule has 0 heterocycles. The van der Waals surface area contributed by atoms with Crippen molar-refractivity contribution in [2.75, 3.05) is 6.54 Å². The Labute approximate surface area is 118 Å². The van der Waals surface area contributed by atoms with Crippen LogP contribution in [-0.2, 0) is 0 Å². The van der Waals surface area contributed by atoms with Crippen LogP contribution in [0.1, 0.15) is 65.2 Å². The fraction of sp³-hybridized carbons (Fsp3) is 1.00. The lowest BCUT2D eigenvalue weighted by atomic mass is 9.48. The Morgan fingerprint density at radius 1 is 1.11 bits per heavy atom. The topological polar surface area (TPSA) is 32.3 Å². The number of rotatable bonds is 6. The minimum Gasteiger partial charge on any atom is -0.393 e. The van der Waals surface area contributed by atoms with Crippen molar-refractivity contribution in [3.05, 3.63) is 0 Å². The molecule has 2 N–H and O–H groups in total. The highest BCUT2D eigenvalue weighted by atomic mass is 16.3. The van der Waals surface area contributed by atoms with E-state index in [9.17, 15) is 5.11 Å². The van der Waals surface area contributed by atoms with Crippen LogP contribution in [0.5, 0.6) is 0 Å². The lowest BCUT2D eigenvalue weighted by Gasteiger charge is -2.59. The molecule has 4 bridgehead atoms. The summed E-state index contributed by atoms with van der Waals surface area (Å²) in [5, 5.41) is 13.4. The smallest absolute Gasteiger partial charge is 0.0549 e. The second-order valence-corrected chi connectivity index (χ2v) is 7.81. The zero-order valence-corrected chi connectivity index (χ0v) is 12.7. The molecule has 0 spiro atoms. The quantitative estimate of drug-likeness (QED) is 0.772. The van der Waals surface area contributed by atoms with Crippen molar-refractivity contribution in [3.8, 4) is 0 Å². The number of hydrogen-bond donors (Lipinski definition) is 2. The monoisotopic (exact) mass is 265 g/mol. The van der Waals surface area contributed by atoms with Crippen LogP contribution in [0.15, 0.2) is 0 Å². The van der Waals surface area contributed by atoms with E-state index < -0.39 is 0 Å². The first-order valence-electron chi connectivity index (χ1n) is 8.52. The Bertz CT molecular complexity index is 279. The first-order chi connectivity index (χ1) is 9.11. The molecule has 0 aliphatic heterocycles. The highest BCUT2D eigenvalue weighted by molar-refractivity contribution is 5.05. The standard InChI is InChI=1S/C17H31NO/c1-3-16(19)4-5-18-12(2)17-9-13-6-14(10-17)8-15(7-13)11-17/h12-16,18-19H,3-11H2,1-2H3.